The maximum absolute atomic E-state index is 3.17. The molecule has 1 aromatic rings. The second kappa shape index (κ2) is 6.47. The van der Waals surface area contributed by atoms with E-state index in [2.05, 4.69) is 36.5 Å². The molecule has 0 saturated heterocycles. The van der Waals surface area contributed by atoms with Gasteiger partial charge in [-0.1, -0.05) is 38.3 Å². The van der Waals surface area contributed by atoms with Crippen LogP contribution in [0.5, 0.6) is 0 Å². The molecule has 14 heavy (non-hydrogen) atoms. The molecule has 0 saturated carbocycles. The molecule has 0 fully saturated rings. The Morgan fingerprint density at radius 3 is 2.71 bits per heavy atom. The largest absolute Gasteiger partial charge is 0.388 e. The average Bonchev–Trinajstić information content (AvgIpc) is 2.25. The Labute approximate surface area is 87.5 Å². The van der Waals surface area contributed by atoms with Gasteiger partial charge in [-0.05, 0) is 30.5 Å². The molecule has 0 amide bonds. The molecule has 1 nitrogen and oxygen atoms in total. The first kappa shape index (κ1) is 11.1. The van der Waals surface area contributed by atoms with Gasteiger partial charge >= 0.3 is 0 Å². The number of rotatable bonds is 6. The Bertz CT molecular complexity index is 255. The molecule has 78 valence electrons. The van der Waals surface area contributed by atoms with Crippen LogP contribution in [0.25, 0.3) is 0 Å². The Kier molecular flexibility index (Phi) is 5.13. The smallest absolute Gasteiger partial charge is 0.0340 e. The molecule has 0 radical (unpaired) electrons. The second-order valence-corrected chi connectivity index (χ2v) is 3.76. The standard InChI is InChI=1S/C13H21N/c1-3-4-5-6-8-12-9-7-10-13(11-12)14-2/h7,9-11,14H,3-6,8H2,1-2H3. The summed E-state index contributed by atoms with van der Waals surface area (Å²) in [7, 11) is 1.97. The lowest BCUT2D eigenvalue weighted by molar-refractivity contribution is 0.667. The van der Waals surface area contributed by atoms with E-state index >= 15 is 0 Å². The van der Waals surface area contributed by atoms with Crippen molar-refractivity contribution in [3.05, 3.63) is 29.8 Å². The van der Waals surface area contributed by atoms with Crippen LogP contribution in [0, 0.1) is 0 Å². The van der Waals surface area contributed by atoms with Gasteiger partial charge in [0.2, 0.25) is 0 Å². The molecular weight excluding hydrogens is 170 g/mol. The molecule has 0 atom stereocenters. The molecule has 0 aliphatic heterocycles. The van der Waals surface area contributed by atoms with Gasteiger partial charge in [0, 0.05) is 12.7 Å². The molecule has 1 heteroatoms. The fraction of sp³-hybridized carbons (Fsp3) is 0.538. The second-order valence-electron chi connectivity index (χ2n) is 3.76. The van der Waals surface area contributed by atoms with Crippen molar-refractivity contribution in [2.24, 2.45) is 0 Å². The summed E-state index contributed by atoms with van der Waals surface area (Å²) >= 11 is 0. The van der Waals surface area contributed by atoms with Gasteiger partial charge in [0.05, 0.1) is 0 Å². The molecule has 0 aliphatic carbocycles. The molecule has 1 N–H and O–H groups in total. The average molecular weight is 191 g/mol. The van der Waals surface area contributed by atoms with Crippen LogP contribution in [-0.2, 0) is 6.42 Å². The van der Waals surface area contributed by atoms with Gasteiger partial charge in [-0.15, -0.1) is 0 Å². The lowest BCUT2D eigenvalue weighted by Crippen LogP contribution is -1.90. The third-order valence-electron chi connectivity index (χ3n) is 2.53. The predicted molar refractivity (Wildman–Crippen MR) is 63.8 cm³/mol. The minimum Gasteiger partial charge on any atom is -0.388 e. The molecule has 0 heterocycles. The van der Waals surface area contributed by atoms with Crippen LogP contribution in [0.15, 0.2) is 24.3 Å². The quantitative estimate of drug-likeness (QED) is 0.673. The highest BCUT2D eigenvalue weighted by atomic mass is 14.8. The summed E-state index contributed by atoms with van der Waals surface area (Å²) in [6, 6.07) is 8.69. The molecule has 0 aromatic heterocycles. The zero-order chi connectivity index (χ0) is 10.2. The van der Waals surface area contributed by atoms with E-state index in [1.807, 2.05) is 7.05 Å². The third kappa shape index (κ3) is 3.82. The number of benzene rings is 1. The summed E-state index contributed by atoms with van der Waals surface area (Å²) in [5.74, 6) is 0. The summed E-state index contributed by atoms with van der Waals surface area (Å²) in [4.78, 5) is 0. The maximum Gasteiger partial charge on any atom is 0.0340 e. The molecule has 1 rings (SSSR count). The van der Waals surface area contributed by atoms with Crippen molar-refractivity contribution in [3.8, 4) is 0 Å². The number of anilines is 1. The molecule has 0 spiro atoms. The highest BCUT2D eigenvalue weighted by Crippen LogP contribution is 2.13. The maximum atomic E-state index is 3.17. The summed E-state index contributed by atoms with van der Waals surface area (Å²) in [6.45, 7) is 2.25. The van der Waals surface area contributed by atoms with Crippen molar-refractivity contribution < 1.29 is 0 Å². The van der Waals surface area contributed by atoms with Crippen LogP contribution in [-0.4, -0.2) is 7.05 Å². The first-order chi connectivity index (χ1) is 6.86. The van der Waals surface area contributed by atoms with Crippen LogP contribution in [0.2, 0.25) is 0 Å². The van der Waals surface area contributed by atoms with Crippen LogP contribution in [0.4, 0.5) is 5.69 Å². The molecule has 0 aliphatic rings. The Morgan fingerprint density at radius 1 is 1.14 bits per heavy atom. The number of nitrogens with one attached hydrogen (secondary N) is 1. The zero-order valence-electron chi connectivity index (χ0n) is 9.34. The van der Waals surface area contributed by atoms with Crippen molar-refractivity contribution in [2.75, 3.05) is 12.4 Å². The minimum absolute atomic E-state index is 1.22. The normalized spacial score (nSPS) is 10.1. The Balaban J connectivity index is 2.34. The lowest BCUT2D eigenvalue weighted by atomic mass is 10.1. The highest BCUT2D eigenvalue weighted by Gasteiger charge is 1.94. The van der Waals surface area contributed by atoms with Crippen molar-refractivity contribution in [3.63, 3.8) is 0 Å². The molecule has 0 unspecified atom stereocenters. The van der Waals surface area contributed by atoms with Crippen molar-refractivity contribution in [1.29, 1.82) is 0 Å². The van der Waals surface area contributed by atoms with E-state index in [1.165, 1.54) is 43.4 Å². The first-order valence-corrected chi connectivity index (χ1v) is 5.63. The van der Waals surface area contributed by atoms with E-state index in [9.17, 15) is 0 Å². The lowest BCUT2D eigenvalue weighted by Gasteiger charge is -2.04. The highest BCUT2D eigenvalue weighted by molar-refractivity contribution is 5.44. The summed E-state index contributed by atoms with van der Waals surface area (Å²) in [5.41, 5.74) is 2.67. The van der Waals surface area contributed by atoms with E-state index in [4.69, 9.17) is 0 Å². The van der Waals surface area contributed by atoms with E-state index in [0.717, 1.165) is 0 Å². The van der Waals surface area contributed by atoms with Gasteiger partial charge in [-0.25, -0.2) is 0 Å². The van der Waals surface area contributed by atoms with E-state index in [-0.39, 0.29) is 0 Å². The third-order valence-corrected chi connectivity index (χ3v) is 2.53. The van der Waals surface area contributed by atoms with Crippen LogP contribution in [0.3, 0.4) is 0 Å². The van der Waals surface area contributed by atoms with Gasteiger partial charge in [0.15, 0.2) is 0 Å². The van der Waals surface area contributed by atoms with Crippen LogP contribution < -0.4 is 5.32 Å². The summed E-state index contributed by atoms with van der Waals surface area (Å²) in [6.07, 6.45) is 6.58. The van der Waals surface area contributed by atoms with Crippen molar-refractivity contribution in [2.45, 2.75) is 39.0 Å². The first-order valence-electron chi connectivity index (χ1n) is 5.63. The Morgan fingerprint density at radius 2 is 2.00 bits per heavy atom. The monoisotopic (exact) mass is 191 g/mol. The van der Waals surface area contributed by atoms with Gasteiger partial charge < -0.3 is 5.32 Å². The predicted octanol–water partition coefficient (Wildman–Crippen LogP) is 3.85. The Hall–Kier alpha value is -0.980. The van der Waals surface area contributed by atoms with Gasteiger partial charge in [0.1, 0.15) is 0 Å². The topological polar surface area (TPSA) is 12.0 Å². The zero-order valence-corrected chi connectivity index (χ0v) is 9.34. The number of aryl methyl sites for hydroxylation is 1. The fourth-order valence-corrected chi connectivity index (χ4v) is 1.64. The molecule has 0 bridgehead atoms. The van der Waals surface area contributed by atoms with Gasteiger partial charge in [0.25, 0.3) is 0 Å². The summed E-state index contributed by atoms with van der Waals surface area (Å²) < 4.78 is 0. The number of hydrogen-bond acceptors (Lipinski definition) is 1. The van der Waals surface area contributed by atoms with Crippen molar-refractivity contribution in [1.82, 2.24) is 0 Å². The SMILES string of the molecule is CCCCCCc1cccc(NC)c1. The van der Waals surface area contributed by atoms with Crippen LogP contribution >= 0.6 is 0 Å². The number of hydrogen-bond donors (Lipinski definition) is 1. The van der Waals surface area contributed by atoms with E-state index in [1.54, 1.807) is 0 Å². The van der Waals surface area contributed by atoms with Gasteiger partial charge in [-0.2, -0.15) is 0 Å². The fourth-order valence-electron chi connectivity index (χ4n) is 1.64. The van der Waals surface area contributed by atoms with E-state index < -0.39 is 0 Å². The number of unbranched alkanes of at least 4 members (excludes halogenated alkanes) is 3. The van der Waals surface area contributed by atoms with E-state index in [0.29, 0.717) is 0 Å². The molecular formula is C13H21N. The van der Waals surface area contributed by atoms with Crippen molar-refractivity contribution >= 4 is 5.69 Å². The van der Waals surface area contributed by atoms with Crippen LogP contribution in [0.1, 0.15) is 38.2 Å². The summed E-state index contributed by atoms with van der Waals surface area (Å²) in [5, 5.41) is 3.17. The minimum atomic E-state index is 1.22. The van der Waals surface area contributed by atoms with Gasteiger partial charge in [-0.3, -0.25) is 0 Å². The molecule has 1 aromatic carbocycles.